The number of nitrogens with zero attached hydrogens (tertiary/aromatic N) is 1. The molecule has 24 heavy (non-hydrogen) atoms. The average molecular weight is 407 g/mol. The van der Waals surface area contributed by atoms with Crippen molar-refractivity contribution in [3.8, 4) is 0 Å². The first-order valence-electron chi connectivity index (χ1n) is 7.22. The summed E-state index contributed by atoms with van der Waals surface area (Å²) in [4.78, 5) is 4.34. The third kappa shape index (κ3) is 3.08. The molecular formula is C17H15BrN2O3S. The maximum absolute atomic E-state index is 12.8. The Hall–Kier alpha value is -1.80. The van der Waals surface area contributed by atoms with Crippen molar-refractivity contribution < 1.29 is 12.9 Å². The number of aromatic nitrogens is 1. The first kappa shape index (κ1) is 17.0. The second kappa shape index (κ2) is 6.25. The van der Waals surface area contributed by atoms with Crippen molar-refractivity contribution in [1.82, 2.24) is 4.98 Å². The molecule has 2 aromatic carbocycles. The Balaban J connectivity index is 2.19. The van der Waals surface area contributed by atoms with E-state index in [0.717, 1.165) is 5.56 Å². The zero-order chi connectivity index (χ0) is 17.5. The third-order valence-electron chi connectivity index (χ3n) is 3.69. The summed E-state index contributed by atoms with van der Waals surface area (Å²) in [6.07, 6.45) is 0. The molecule has 1 unspecified atom stereocenters. The minimum atomic E-state index is -4.13. The molecule has 3 aromatic rings. The molecule has 0 radical (unpaired) electrons. The summed E-state index contributed by atoms with van der Waals surface area (Å²) in [5.74, 6) is 0. The number of quaternary nitrogens is 1. The van der Waals surface area contributed by atoms with Gasteiger partial charge < -0.3 is 5.21 Å². The molecule has 0 saturated carbocycles. The lowest BCUT2D eigenvalue weighted by molar-refractivity contribution is -0.623. The van der Waals surface area contributed by atoms with E-state index in [4.69, 9.17) is 0 Å². The van der Waals surface area contributed by atoms with Crippen molar-refractivity contribution >= 4 is 42.5 Å². The van der Waals surface area contributed by atoms with E-state index in [1.54, 1.807) is 25.1 Å². The van der Waals surface area contributed by atoms with Gasteiger partial charge in [-0.05, 0) is 38.1 Å². The van der Waals surface area contributed by atoms with E-state index in [1.807, 2.05) is 19.1 Å². The second-order valence-electron chi connectivity index (χ2n) is 5.58. The Morgan fingerprint density at radius 1 is 1.04 bits per heavy atom. The summed E-state index contributed by atoms with van der Waals surface area (Å²) in [6.45, 7) is 3.65. The molecule has 0 fully saturated rings. The highest BCUT2D eigenvalue weighted by atomic mass is 79.9. The Labute approximate surface area is 148 Å². The van der Waals surface area contributed by atoms with Crippen LogP contribution in [0.4, 0.5) is 5.69 Å². The summed E-state index contributed by atoms with van der Waals surface area (Å²) in [5, 5.41) is 13.5. The van der Waals surface area contributed by atoms with Crippen LogP contribution >= 0.6 is 15.9 Å². The van der Waals surface area contributed by atoms with Crippen molar-refractivity contribution in [2.24, 2.45) is 0 Å². The highest BCUT2D eigenvalue weighted by Gasteiger charge is 2.26. The molecular weight excluding hydrogens is 392 g/mol. The van der Waals surface area contributed by atoms with Crippen LogP contribution in [0.15, 0.2) is 57.9 Å². The monoisotopic (exact) mass is 406 g/mol. The van der Waals surface area contributed by atoms with Gasteiger partial charge in [-0.2, -0.15) is 8.42 Å². The first-order valence-corrected chi connectivity index (χ1v) is 9.49. The number of hydrogen-bond acceptors (Lipinski definition) is 4. The van der Waals surface area contributed by atoms with Gasteiger partial charge in [-0.15, -0.1) is 0 Å². The Morgan fingerprint density at radius 3 is 2.38 bits per heavy atom. The second-order valence-corrected chi connectivity index (χ2v) is 8.35. The number of benzene rings is 2. The number of pyridine rings is 1. The van der Waals surface area contributed by atoms with Gasteiger partial charge in [-0.25, -0.2) is 9.45 Å². The summed E-state index contributed by atoms with van der Waals surface area (Å²) in [7, 11) is -4.13. The van der Waals surface area contributed by atoms with Crippen LogP contribution in [0.5, 0.6) is 0 Å². The van der Waals surface area contributed by atoms with Crippen molar-refractivity contribution in [1.29, 1.82) is 0 Å². The van der Waals surface area contributed by atoms with E-state index >= 15 is 0 Å². The topological polar surface area (TPSA) is 74.5 Å². The van der Waals surface area contributed by atoms with Gasteiger partial charge in [0.15, 0.2) is 5.69 Å². The molecule has 1 atom stereocenters. The lowest BCUT2D eigenvalue weighted by atomic mass is 10.2. The Bertz CT molecular complexity index is 1020. The Kier molecular flexibility index (Phi) is 4.44. The van der Waals surface area contributed by atoms with Crippen LogP contribution in [0.25, 0.3) is 10.9 Å². The molecule has 1 heterocycles. The number of rotatable bonds is 3. The lowest BCUT2D eigenvalue weighted by Crippen LogP contribution is -3.04. The van der Waals surface area contributed by atoms with E-state index in [1.165, 1.54) is 18.2 Å². The van der Waals surface area contributed by atoms with E-state index in [9.17, 15) is 13.6 Å². The number of aryl methyl sites for hydroxylation is 2. The maximum Gasteiger partial charge on any atom is 0.330 e. The SMILES string of the molecule is Cc1ccc(S(=O)(=O)[NH+]([O-])c2cc(Br)cc3ccc(C)nc23)cc1. The van der Waals surface area contributed by atoms with Crippen LogP contribution in [0.3, 0.4) is 0 Å². The van der Waals surface area contributed by atoms with E-state index in [0.29, 0.717) is 21.1 Å². The molecule has 0 bridgehead atoms. The van der Waals surface area contributed by atoms with Crippen LogP contribution in [0.1, 0.15) is 11.3 Å². The zero-order valence-electron chi connectivity index (χ0n) is 13.1. The fourth-order valence-electron chi connectivity index (χ4n) is 2.42. The number of halogens is 1. The molecule has 0 saturated heterocycles. The summed E-state index contributed by atoms with van der Waals surface area (Å²) in [5.41, 5.74) is 2.10. The first-order chi connectivity index (χ1) is 11.3. The molecule has 124 valence electrons. The average Bonchev–Trinajstić information content (AvgIpc) is 2.54. The highest BCUT2D eigenvalue weighted by molar-refractivity contribution is 9.10. The van der Waals surface area contributed by atoms with Gasteiger partial charge in [-0.3, -0.25) is 0 Å². The van der Waals surface area contributed by atoms with Gasteiger partial charge in [0, 0.05) is 21.6 Å². The summed E-state index contributed by atoms with van der Waals surface area (Å²) in [6, 6.07) is 13.2. The number of nitrogens with one attached hydrogen (secondary N) is 1. The molecule has 7 heteroatoms. The molecule has 1 N–H and O–H groups in total. The molecule has 0 spiro atoms. The van der Waals surface area contributed by atoms with Crippen LogP contribution in [-0.4, -0.2) is 13.4 Å². The van der Waals surface area contributed by atoms with Gasteiger partial charge in [0.25, 0.3) is 0 Å². The van der Waals surface area contributed by atoms with Crippen LogP contribution in [-0.2, 0) is 10.0 Å². The van der Waals surface area contributed by atoms with E-state index in [2.05, 4.69) is 20.9 Å². The van der Waals surface area contributed by atoms with Crippen molar-refractivity contribution in [3.63, 3.8) is 0 Å². The molecule has 1 aromatic heterocycles. The predicted octanol–water partition coefficient (Wildman–Crippen LogP) is 3.02. The molecule has 5 nitrogen and oxygen atoms in total. The van der Waals surface area contributed by atoms with Gasteiger partial charge in [0.05, 0.1) is 0 Å². The largest absolute Gasteiger partial charge is 0.612 e. The predicted molar refractivity (Wildman–Crippen MR) is 96.5 cm³/mol. The molecule has 0 aliphatic rings. The molecule has 0 aliphatic carbocycles. The van der Waals surface area contributed by atoms with Crippen molar-refractivity contribution in [2.45, 2.75) is 18.7 Å². The van der Waals surface area contributed by atoms with Crippen LogP contribution in [0, 0.1) is 19.1 Å². The molecule has 0 aliphatic heterocycles. The quantitative estimate of drug-likeness (QED) is 0.678. The van der Waals surface area contributed by atoms with Gasteiger partial charge in [-0.1, -0.05) is 39.7 Å². The van der Waals surface area contributed by atoms with Crippen LogP contribution < -0.4 is 4.47 Å². The lowest BCUT2D eigenvalue weighted by Gasteiger charge is -2.22. The van der Waals surface area contributed by atoms with Crippen LogP contribution in [0.2, 0.25) is 0 Å². The normalized spacial score (nSPS) is 13.2. The van der Waals surface area contributed by atoms with Crippen molar-refractivity contribution in [3.05, 3.63) is 69.5 Å². The third-order valence-corrected chi connectivity index (χ3v) is 5.75. The van der Waals surface area contributed by atoms with E-state index < -0.39 is 14.5 Å². The fraction of sp³-hybridized carbons (Fsp3) is 0.118. The van der Waals surface area contributed by atoms with Gasteiger partial charge in [0.2, 0.25) is 0 Å². The fourth-order valence-corrected chi connectivity index (χ4v) is 4.05. The summed E-state index contributed by atoms with van der Waals surface area (Å²) >= 11 is 3.33. The van der Waals surface area contributed by atoms with E-state index in [-0.39, 0.29) is 10.6 Å². The smallest absolute Gasteiger partial charge is 0.330 e. The van der Waals surface area contributed by atoms with Gasteiger partial charge >= 0.3 is 10.0 Å². The Morgan fingerprint density at radius 2 is 1.71 bits per heavy atom. The van der Waals surface area contributed by atoms with Crippen molar-refractivity contribution in [2.75, 3.05) is 0 Å². The zero-order valence-corrected chi connectivity index (χ0v) is 15.5. The maximum atomic E-state index is 12.8. The number of fused-ring (bicyclic) bond motifs is 1. The molecule has 3 rings (SSSR count). The highest BCUT2D eigenvalue weighted by Crippen LogP contribution is 2.25. The molecule has 0 amide bonds. The number of sulfonamides is 1. The standard InChI is InChI=1S/C17H15BrN2O3S/c1-11-3-7-15(8-4-11)24(22,23)20(21)16-10-14(18)9-13-6-5-12(2)19-17(13)16/h3-10,20H,1-2H3. The minimum absolute atomic E-state index is 0.0149. The number of hydrogen-bond donors (Lipinski definition) is 1. The minimum Gasteiger partial charge on any atom is -0.612 e. The van der Waals surface area contributed by atoms with Gasteiger partial charge in [0.1, 0.15) is 10.4 Å². The summed E-state index contributed by atoms with van der Waals surface area (Å²) < 4.78 is 25.1.